The number of carbonyl (C=O) groups excluding carboxylic acids is 1. The Balaban J connectivity index is 1.72. The summed E-state index contributed by atoms with van der Waals surface area (Å²) in [6.45, 7) is 8.46. The predicted molar refractivity (Wildman–Crippen MR) is 120 cm³/mol. The monoisotopic (exact) mass is 422 g/mol. The Bertz CT molecular complexity index is 1120. The van der Waals surface area contributed by atoms with Gasteiger partial charge in [0.05, 0.1) is 34.6 Å². The quantitative estimate of drug-likeness (QED) is 0.452. The van der Waals surface area contributed by atoms with E-state index in [1.807, 2.05) is 69.8 Å². The van der Waals surface area contributed by atoms with Crippen molar-refractivity contribution in [3.8, 4) is 5.69 Å². The van der Waals surface area contributed by atoms with Crippen molar-refractivity contribution in [1.82, 2.24) is 9.78 Å². The Morgan fingerprint density at radius 2 is 1.77 bits per heavy atom. The van der Waals surface area contributed by atoms with Crippen molar-refractivity contribution in [3.63, 3.8) is 0 Å². The van der Waals surface area contributed by atoms with Gasteiger partial charge in [-0.25, -0.2) is 4.68 Å². The highest BCUT2D eigenvalue weighted by molar-refractivity contribution is 5.94. The zero-order valence-corrected chi connectivity index (χ0v) is 18.5. The summed E-state index contributed by atoms with van der Waals surface area (Å²) in [6, 6.07) is 13.1. The highest BCUT2D eigenvalue weighted by Crippen LogP contribution is 2.27. The van der Waals surface area contributed by atoms with Crippen LogP contribution in [-0.4, -0.2) is 34.2 Å². The van der Waals surface area contributed by atoms with Crippen LogP contribution in [0.15, 0.2) is 42.5 Å². The molecule has 0 fully saturated rings. The number of hydrogen-bond donors (Lipinski definition) is 2. The second kappa shape index (κ2) is 9.09. The van der Waals surface area contributed by atoms with Crippen LogP contribution in [0.4, 0.5) is 11.4 Å². The molecule has 8 nitrogen and oxygen atoms in total. The standard InChI is InChI=1S/C23H27N5O3/c1-15-11-21(22(28(30)31)12-16(15)2)24-23(29)14-26(5)13-20-17(3)25-27(18(20)4)19-9-7-6-8-10-19/h6-12H,13-14H2,1-5H3,(H,24,29)/p+1. The van der Waals surface area contributed by atoms with Gasteiger partial charge in [0.25, 0.3) is 11.6 Å². The molecular weight excluding hydrogens is 394 g/mol. The van der Waals surface area contributed by atoms with Gasteiger partial charge in [0.2, 0.25) is 0 Å². The molecule has 2 aromatic carbocycles. The van der Waals surface area contributed by atoms with E-state index in [1.165, 1.54) is 6.07 Å². The van der Waals surface area contributed by atoms with Crippen LogP contribution in [0.3, 0.4) is 0 Å². The minimum absolute atomic E-state index is 0.0927. The zero-order chi connectivity index (χ0) is 22.7. The molecule has 0 aliphatic carbocycles. The van der Waals surface area contributed by atoms with Crippen molar-refractivity contribution in [3.05, 3.63) is 80.7 Å². The van der Waals surface area contributed by atoms with Gasteiger partial charge >= 0.3 is 0 Å². The number of likely N-dealkylation sites (N-methyl/N-ethyl adjacent to an activating group) is 1. The molecule has 0 aliphatic heterocycles. The van der Waals surface area contributed by atoms with E-state index in [-0.39, 0.29) is 23.8 Å². The van der Waals surface area contributed by atoms with E-state index < -0.39 is 4.92 Å². The van der Waals surface area contributed by atoms with Crippen LogP contribution in [-0.2, 0) is 11.3 Å². The van der Waals surface area contributed by atoms with E-state index >= 15 is 0 Å². The Morgan fingerprint density at radius 1 is 1.13 bits per heavy atom. The molecule has 0 aliphatic rings. The average molecular weight is 423 g/mol. The lowest BCUT2D eigenvalue weighted by atomic mass is 10.1. The lowest BCUT2D eigenvalue weighted by Crippen LogP contribution is -3.08. The number of rotatable bonds is 7. The molecule has 162 valence electrons. The van der Waals surface area contributed by atoms with Crippen molar-refractivity contribution in [1.29, 1.82) is 0 Å². The smallest absolute Gasteiger partial charge is 0.293 e. The number of nitro groups is 1. The highest BCUT2D eigenvalue weighted by Gasteiger charge is 2.21. The number of aryl methyl sites for hydroxylation is 3. The van der Waals surface area contributed by atoms with Gasteiger partial charge in [-0.2, -0.15) is 5.10 Å². The topological polar surface area (TPSA) is 94.5 Å². The first-order valence-electron chi connectivity index (χ1n) is 10.1. The fraction of sp³-hybridized carbons (Fsp3) is 0.304. The molecule has 0 bridgehead atoms. The second-order valence-corrected chi connectivity index (χ2v) is 7.97. The number of carbonyl (C=O) groups is 1. The molecule has 0 saturated carbocycles. The molecule has 3 aromatic rings. The van der Waals surface area contributed by atoms with Crippen LogP contribution in [0.1, 0.15) is 28.1 Å². The number of nitro benzene ring substituents is 1. The molecule has 0 spiro atoms. The summed E-state index contributed by atoms with van der Waals surface area (Å²) < 4.78 is 1.91. The predicted octanol–water partition coefficient (Wildman–Crippen LogP) is 2.67. The lowest BCUT2D eigenvalue weighted by molar-refractivity contribution is -0.885. The van der Waals surface area contributed by atoms with E-state index in [9.17, 15) is 14.9 Å². The number of anilines is 1. The molecule has 1 aromatic heterocycles. The summed E-state index contributed by atoms with van der Waals surface area (Å²) in [7, 11) is 1.92. The van der Waals surface area contributed by atoms with Gasteiger partial charge in [-0.15, -0.1) is 0 Å². The Kier molecular flexibility index (Phi) is 6.50. The Labute approximate surface area is 181 Å². The van der Waals surface area contributed by atoms with Gasteiger partial charge < -0.3 is 10.2 Å². The van der Waals surface area contributed by atoms with Crippen molar-refractivity contribution < 1.29 is 14.6 Å². The molecule has 31 heavy (non-hydrogen) atoms. The second-order valence-electron chi connectivity index (χ2n) is 7.97. The fourth-order valence-electron chi connectivity index (χ4n) is 3.64. The first kappa shape index (κ1) is 22.2. The highest BCUT2D eigenvalue weighted by atomic mass is 16.6. The molecule has 0 saturated heterocycles. The van der Waals surface area contributed by atoms with Gasteiger partial charge in [0, 0.05) is 6.07 Å². The fourth-order valence-corrected chi connectivity index (χ4v) is 3.64. The van der Waals surface area contributed by atoms with Crippen LogP contribution < -0.4 is 10.2 Å². The van der Waals surface area contributed by atoms with Gasteiger partial charge in [0.15, 0.2) is 6.54 Å². The van der Waals surface area contributed by atoms with Crippen molar-refractivity contribution in [2.24, 2.45) is 0 Å². The molecule has 3 rings (SSSR count). The largest absolute Gasteiger partial charge is 0.326 e. The molecule has 1 amide bonds. The van der Waals surface area contributed by atoms with Crippen molar-refractivity contribution in [2.75, 3.05) is 18.9 Å². The van der Waals surface area contributed by atoms with Crippen LogP contribution in [0.25, 0.3) is 5.69 Å². The number of quaternary nitrogens is 1. The molecule has 8 heteroatoms. The summed E-state index contributed by atoms with van der Waals surface area (Å²) in [4.78, 5) is 24.5. The first-order valence-corrected chi connectivity index (χ1v) is 10.1. The molecule has 1 atom stereocenters. The molecular formula is C23H28N5O3+. The first-order chi connectivity index (χ1) is 14.7. The number of benzene rings is 2. The summed E-state index contributed by atoms with van der Waals surface area (Å²) in [5, 5.41) is 18.7. The van der Waals surface area contributed by atoms with E-state index in [1.54, 1.807) is 6.07 Å². The van der Waals surface area contributed by atoms with Gasteiger partial charge in [0.1, 0.15) is 12.2 Å². The van der Waals surface area contributed by atoms with Gasteiger partial charge in [-0.05, 0) is 57.0 Å². The summed E-state index contributed by atoms with van der Waals surface area (Å²) in [6.07, 6.45) is 0. The van der Waals surface area contributed by atoms with E-state index in [2.05, 4.69) is 10.4 Å². The van der Waals surface area contributed by atoms with E-state index in [4.69, 9.17) is 0 Å². The summed E-state index contributed by atoms with van der Waals surface area (Å²) in [5.74, 6) is -0.269. The third-order valence-electron chi connectivity index (χ3n) is 5.47. The Morgan fingerprint density at radius 3 is 2.42 bits per heavy atom. The molecule has 1 heterocycles. The van der Waals surface area contributed by atoms with Gasteiger partial charge in [-0.1, -0.05) is 18.2 Å². The maximum Gasteiger partial charge on any atom is 0.293 e. The zero-order valence-electron chi connectivity index (χ0n) is 18.5. The van der Waals surface area contributed by atoms with Crippen LogP contribution in [0.2, 0.25) is 0 Å². The Hall–Kier alpha value is -3.52. The number of nitrogens with one attached hydrogen (secondary N) is 2. The minimum atomic E-state index is -0.469. The average Bonchev–Trinajstić information content (AvgIpc) is 2.99. The SMILES string of the molecule is Cc1cc(NC(=O)C[NH+](C)Cc2c(C)nn(-c3ccccc3)c2C)c([N+](=O)[O-])cc1C. The van der Waals surface area contributed by atoms with Crippen molar-refractivity contribution >= 4 is 17.3 Å². The summed E-state index contributed by atoms with van der Waals surface area (Å²) >= 11 is 0. The van der Waals surface area contributed by atoms with E-state index in [0.717, 1.165) is 38.7 Å². The normalized spacial score (nSPS) is 11.9. The number of nitrogens with zero attached hydrogens (tertiary/aromatic N) is 3. The summed E-state index contributed by atoms with van der Waals surface area (Å²) in [5.41, 5.74) is 5.88. The lowest BCUT2D eigenvalue weighted by Gasteiger charge is -2.15. The van der Waals surface area contributed by atoms with Crippen LogP contribution in [0, 0.1) is 37.8 Å². The maximum atomic E-state index is 12.6. The molecule has 0 radical (unpaired) electrons. The maximum absolute atomic E-state index is 12.6. The van der Waals surface area contributed by atoms with Gasteiger partial charge in [-0.3, -0.25) is 14.9 Å². The third-order valence-corrected chi connectivity index (χ3v) is 5.47. The molecule has 1 unspecified atom stereocenters. The number of amides is 1. The third kappa shape index (κ3) is 4.97. The number of aromatic nitrogens is 2. The van der Waals surface area contributed by atoms with Crippen LogP contribution >= 0.6 is 0 Å². The number of hydrogen-bond acceptors (Lipinski definition) is 4. The van der Waals surface area contributed by atoms with Crippen molar-refractivity contribution in [2.45, 2.75) is 34.2 Å². The number of para-hydroxylation sites is 1. The molecule has 2 N–H and O–H groups in total. The minimum Gasteiger partial charge on any atom is -0.326 e. The van der Waals surface area contributed by atoms with E-state index in [0.29, 0.717) is 6.54 Å². The van der Waals surface area contributed by atoms with Crippen LogP contribution in [0.5, 0.6) is 0 Å².